The fraction of sp³-hybridized carbons (Fsp3) is 0.500. The number of nitrogens with zero attached hydrogens (tertiary/aromatic N) is 1. The minimum atomic E-state index is -0.294. The van der Waals surface area contributed by atoms with Gasteiger partial charge in [0, 0.05) is 52.4 Å². The van der Waals surface area contributed by atoms with Crippen molar-refractivity contribution in [3.63, 3.8) is 0 Å². The highest BCUT2D eigenvalue weighted by atomic mass is 79.9. The number of piperidine rings is 1. The SMILES string of the molecule is CC1=C(C(=O)N2CCCCC2)[C@H](c2ccc(Br)cc2)C2=C(CC(C)(C)CC2=O)N1. The third-order valence-corrected chi connectivity index (χ3v) is 6.85. The standard InChI is InChI=1S/C24H29BrN2O2/c1-15-20(23(29)27-11-5-4-6-12-27)21(16-7-9-17(25)10-8-16)22-18(26-15)13-24(2,3)14-19(22)28/h7-10,21,26H,4-6,11-14H2,1-3H3/t21-/m0/s1. The smallest absolute Gasteiger partial charge is 0.252 e. The first kappa shape index (κ1) is 20.4. The number of allylic oxidation sites excluding steroid dienone is 3. The van der Waals surface area contributed by atoms with Gasteiger partial charge in [0.25, 0.3) is 5.91 Å². The van der Waals surface area contributed by atoms with Crippen molar-refractivity contribution in [2.24, 2.45) is 5.41 Å². The summed E-state index contributed by atoms with van der Waals surface area (Å²) in [6.45, 7) is 7.86. The molecule has 1 fully saturated rings. The third kappa shape index (κ3) is 3.94. The number of carbonyl (C=O) groups is 2. The van der Waals surface area contributed by atoms with Crippen LogP contribution in [0.3, 0.4) is 0 Å². The molecule has 1 saturated heterocycles. The molecule has 1 aromatic rings. The van der Waals surface area contributed by atoms with Crippen LogP contribution in [0, 0.1) is 5.41 Å². The van der Waals surface area contributed by atoms with Crippen molar-refractivity contribution in [1.82, 2.24) is 10.2 Å². The van der Waals surface area contributed by atoms with E-state index in [2.05, 4.69) is 35.1 Å². The van der Waals surface area contributed by atoms with Gasteiger partial charge in [0.15, 0.2) is 5.78 Å². The van der Waals surface area contributed by atoms with Crippen molar-refractivity contribution >= 4 is 27.6 Å². The van der Waals surface area contributed by atoms with Crippen LogP contribution < -0.4 is 5.32 Å². The fourth-order valence-corrected chi connectivity index (χ4v) is 5.24. The molecule has 1 aliphatic carbocycles. The largest absolute Gasteiger partial charge is 0.362 e. The van der Waals surface area contributed by atoms with E-state index in [9.17, 15) is 9.59 Å². The van der Waals surface area contributed by atoms with E-state index in [0.717, 1.165) is 64.9 Å². The molecule has 5 heteroatoms. The van der Waals surface area contributed by atoms with E-state index in [4.69, 9.17) is 0 Å². The molecule has 1 aromatic carbocycles. The molecular weight excluding hydrogens is 428 g/mol. The van der Waals surface area contributed by atoms with Gasteiger partial charge in [0.2, 0.25) is 0 Å². The van der Waals surface area contributed by atoms with Crippen molar-refractivity contribution in [1.29, 1.82) is 0 Å². The Morgan fingerprint density at radius 1 is 1.10 bits per heavy atom. The number of halogens is 1. The molecule has 0 saturated carbocycles. The number of Topliss-reactive ketones (excluding diaryl/α,β-unsaturated/α-hetero) is 1. The summed E-state index contributed by atoms with van der Waals surface area (Å²) in [5, 5.41) is 3.47. The summed E-state index contributed by atoms with van der Waals surface area (Å²) < 4.78 is 0.991. The second-order valence-corrected chi connectivity index (χ2v) is 10.2. The van der Waals surface area contributed by atoms with E-state index in [1.807, 2.05) is 36.1 Å². The second kappa shape index (κ2) is 7.75. The lowest BCUT2D eigenvalue weighted by atomic mass is 9.68. The highest BCUT2D eigenvalue weighted by Gasteiger charge is 2.43. The van der Waals surface area contributed by atoms with Gasteiger partial charge in [-0.3, -0.25) is 9.59 Å². The lowest BCUT2D eigenvalue weighted by Gasteiger charge is -2.41. The minimum Gasteiger partial charge on any atom is -0.362 e. The Morgan fingerprint density at radius 3 is 2.41 bits per heavy atom. The van der Waals surface area contributed by atoms with Crippen molar-refractivity contribution in [3.05, 3.63) is 56.8 Å². The van der Waals surface area contributed by atoms with Gasteiger partial charge in [-0.25, -0.2) is 0 Å². The van der Waals surface area contributed by atoms with Crippen LogP contribution >= 0.6 is 15.9 Å². The number of hydrogen-bond donors (Lipinski definition) is 1. The maximum Gasteiger partial charge on any atom is 0.252 e. The molecule has 2 heterocycles. The summed E-state index contributed by atoms with van der Waals surface area (Å²) >= 11 is 3.51. The quantitative estimate of drug-likeness (QED) is 0.675. The fourth-order valence-electron chi connectivity index (χ4n) is 4.98. The first-order chi connectivity index (χ1) is 13.8. The Kier molecular flexibility index (Phi) is 5.45. The van der Waals surface area contributed by atoms with E-state index >= 15 is 0 Å². The first-order valence-electron chi connectivity index (χ1n) is 10.6. The van der Waals surface area contributed by atoms with Gasteiger partial charge in [-0.1, -0.05) is 41.9 Å². The lowest BCUT2D eigenvalue weighted by Crippen LogP contribution is -2.43. The van der Waals surface area contributed by atoms with Crippen molar-refractivity contribution in [3.8, 4) is 0 Å². The number of likely N-dealkylation sites (tertiary alicyclic amines) is 1. The number of nitrogens with one attached hydrogen (secondary N) is 1. The van der Waals surface area contributed by atoms with Crippen molar-refractivity contribution in [2.75, 3.05) is 13.1 Å². The number of carbonyl (C=O) groups excluding carboxylic acids is 2. The highest BCUT2D eigenvalue weighted by Crippen LogP contribution is 2.47. The molecule has 0 unspecified atom stereocenters. The lowest BCUT2D eigenvalue weighted by molar-refractivity contribution is -0.128. The number of ketones is 1. The second-order valence-electron chi connectivity index (χ2n) is 9.33. The molecule has 29 heavy (non-hydrogen) atoms. The number of amides is 1. The number of benzene rings is 1. The molecule has 4 nitrogen and oxygen atoms in total. The van der Waals surface area contributed by atoms with Crippen LogP contribution in [-0.4, -0.2) is 29.7 Å². The van der Waals surface area contributed by atoms with E-state index in [1.54, 1.807) is 0 Å². The zero-order valence-electron chi connectivity index (χ0n) is 17.5. The first-order valence-corrected chi connectivity index (χ1v) is 11.3. The summed E-state index contributed by atoms with van der Waals surface area (Å²) in [5.74, 6) is -0.0581. The van der Waals surface area contributed by atoms with E-state index < -0.39 is 0 Å². The molecular formula is C24H29BrN2O2. The molecule has 0 aromatic heterocycles. The van der Waals surface area contributed by atoms with Crippen molar-refractivity contribution in [2.45, 2.75) is 58.8 Å². The van der Waals surface area contributed by atoms with Gasteiger partial charge in [0.05, 0.1) is 0 Å². The molecule has 154 valence electrons. The van der Waals surface area contributed by atoms with Gasteiger partial charge in [-0.15, -0.1) is 0 Å². The van der Waals surface area contributed by atoms with E-state index in [-0.39, 0.29) is 23.0 Å². The number of rotatable bonds is 2. The average Bonchev–Trinajstić information content (AvgIpc) is 2.67. The minimum absolute atomic E-state index is 0.0676. The van der Waals surface area contributed by atoms with Crippen LogP contribution in [0.25, 0.3) is 0 Å². The molecule has 0 spiro atoms. The molecule has 0 bridgehead atoms. The predicted molar refractivity (Wildman–Crippen MR) is 118 cm³/mol. The molecule has 0 radical (unpaired) electrons. The van der Waals surface area contributed by atoms with Crippen LogP contribution in [0.1, 0.15) is 64.4 Å². The zero-order chi connectivity index (χ0) is 20.8. The van der Waals surface area contributed by atoms with E-state index in [1.165, 1.54) is 6.42 Å². The monoisotopic (exact) mass is 456 g/mol. The predicted octanol–water partition coefficient (Wildman–Crippen LogP) is 5.07. The summed E-state index contributed by atoms with van der Waals surface area (Å²) in [5.41, 5.74) is 4.35. The Labute approximate surface area is 181 Å². The van der Waals surface area contributed by atoms with Gasteiger partial charge in [0.1, 0.15) is 0 Å². The number of dihydropyridines is 1. The zero-order valence-corrected chi connectivity index (χ0v) is 19.1. The normalized spacial score (nSPS) is 24.3. The summed E-state index contributed by atoms with van der Waals surface area (Å²) in [7, 11) is 0. The van der Waals surface area contributed by atoms with Crippen LogP contribution in [0.5, 0.6) is 0 Å². The van der Waals surface area contributed by atoms with Gasteiger partial charge in [-0.2, -0.15) is 0 Å². The van der Waals surface area contributed by atoms with Gasteiger partial charge in [-0.05, 0) is 55.7 Å². The summed E-state index contributed by atoms with van der Waals surface area (Å²) in [6.07, 6.45) is 4.62. The number of hydrogen-bond acceptors (Lipinski definition) is 3. The van der Waals surface area contributed by atoms with Crippen LogP contribution in [-0.2, 0) is 9.59 Å². The van der Waals surface area contributed by atoms with Crippen LogP contribution in [0.4, 0.5) is 0 Å². The third-order valence-electron chi connectivity index (χ3n) is 6.32. The molecule has 2 aliphatic heterocycles. The Hall–Kier alpha value is -1.88. The molecule has 3 aliphatic rings. The average molecular weight is 457 g/mol. The summed E-state index contributed by atoms with van der Waals surface area (Å²) in [4.78, 5) is 28.9. The topological polar surface area (TPSA) is 49.4 Å². The van der Waals surface area contributed by atoms with Gasteiger partial charge >= 0.3 is 0 Å². The van der Waals surface area contributed by atoms with Gasteiger partial charge < -0.3 is 10.2 Å². The Bertz CT molecular complexity index is 905. The van der Waals surface area contributed by atoms with Crippen LogP contribution in [0.15, 0.2) is 51.3 Å². The van der Waals surface area contributed by atoms with Crippen LogP contribution in [0.2, 0.25) is 0 Å². The highest BCUT2D eigenvalue weighted by molar-refractivity contribution is 9.10. The Balaban J connectivity index is 1.82. The molecule has 1 atom stereocenters. The molecule has 4 rings (SSSR count). The van der Waals surface area contributed by atoms with E-state index in [0.29, 0.717) is 6.42 Å². The van der Waals surface area contributed by atoms with Crippen molar-refractivity contribution < 1.29 is 9.59 Å². The maximum absolute atomic E-state index is 13.6. The maximum atomic E-state index is 13.6. The molecule has 1 N–H and O–H groups in total. The molecule has 1 amide bonds. The Morgan fingerprint density at radius 2 is 1.76 bits per heavy atom. The summed E-state index contributed by atoms with van der Waals surface area (Å²) in [6, 6.07) is 8.06.